The van der Waals surface area contributed by atoms with E-state index in [1.54, 1.807) is 36.4 Å². The molecule has 11 N–H and O–H groups in total. The van der Waals surface area contributed by atoms with Crippen LogP contribution in [0.4, 0.5) is 62.8 Å². The predicted molar refractivity (Wildman–Crippen MR) is 237 cm³/mol. The highest BCUT2D eigenvalue weighted by atomic mass is 32.2. The first kappa shape index (κ1) is 45.2. The maximum Gasteiger partial charge on any atom is 0.295 e. The Bertz CT molecular complexity index is 2810. The van der Waals surface area contributed by atoms with Crippen LogP contribution in [0, 0.1) is 0 Å². The Kier molecular flexibility index (Phi) is 14.7. The fourth-order valence-corrected chi connectivity index (χ4v) is 6.92. The summed E-state index contributed by atoms with van der Waals surface area (Å²) < 4.78 is 84.4. The highest BCUT2D eigenvalue weighted by Crippen LogP contribution is 2.29. The smallest absolute Gasteiger partial charge is 0.295 e. The van der Waals surface area contributed by atoms with Crippen LogP contribution >= 0.6 is 0 Å². The number of hydrogen-bond acceptors (Lipinski definition) is 18. The van der Waals surface area contributed by atoms with Crippen LogP contribution in [0.1, 0.15) is 18.1 Å². The quantitative estimate of drug-likeness (QED) is 0.0275. The average Bonchev–Trinajstić information content (AvgIpc) is 3.24. The summed E-state index contributed by atoms with van der Waals surface area (Å²) >= 11 is 0. The van der Waals surface area contributed by atoms with E-state index in [0.29, 0.717) is 24.5 Å². The van der Waals surface area contributed by atoms with Gasteiger partial charge in [-0.1, -0.05) is 60.7 Å². The molecule has 2 heterocycles. The Balaban J connectivity index is 1.25. The van der Waals surface area contributed by atoms with Crippen LogP contribution in [0.15, 0.2) is 107 Å². The van der Waals surface area contributed by atoms with Gasteiger partial charge in [0.25, 0.3) is 26.1 Å². The van der Waals surface area contributed by atoms with Crippen LogP contribution in [0.25, 0.3) is 12.2 Å². The van der Waals surface area contributed by atoms with Gasteiger partial charge in [-0.25, -0.2) is 4.39 Å². The van der Waals surface area contributed by atoms with Crippen molar-refractivity contribution < 1.29 is 35.1 Å². The Morgan fingerprint density at radius 2 is 0.968 bits per heavy atom. The normalized spacial score (nSPS) is 12.0. The highest BCUT2D eigenvalue weighted by molar-refractivity contribution is 7.86. The van der Waals surface area contributed by atoms with Crippen LogP contribution in [0.2, 0.25) is 0 Å². The molecule has 0 bridgehead atoms. The van der Waals surface area contributed by atoms with Crippen molar-refractivity contribution in [1.82, 2.24) is 35.2 Å². The number of benzene rings is 4. The third-order valence-corrected chi connectivity index (χ3v) is 10.2. The standard InChI is InChI=1S/C39H41FN14O7S2/c1-24(40)33(55)42-20-21-44-35-51-37(46-28-10-6-3-7-11-28)54-39(52-35)48-30-17-15-26(32(23-30)63(59,60)61)13-12-25-14-16-29(22-31(25)62(56,57)58)47-38-50-34(43-19-18-41)49-36(53-38)45-27-8-4-2-5-9-27/h2-17,22-24H,18-21,41H2,1H3,(H,42,55)(H,56,57,58)(H,59,60,61)(H3,43,45,47,49,50,53)(H3,44,46,48,51,52,54)/b13-12+. The second-order valence-electron chi connectivity index (χ2n) is 13.2. The summed E-state index contributed by atoms with van der Waals surface area (Å²) in [6, 6.07) is 25.9. The molecule has 0 aliphatic carbocycles. The fraction of sp³-hybridized carbons (Fsp3) is 0.154. The van der Waals surface area contributed by atoms with E-state index in [0.717, 1.165) is 19.1 Å². The lowest BCUT2D eigenvalue weighted by atomic mass is 10.1. The minimum absolute atomic E-state index is 0.0159. The lowest BCUT2D eigenvalue weighted by Crippen LogP contribution is -2.34. The van der Waals surface area contributed by atoms with Crippen LogP contribution in [0.5, 0.6) is 0 Å². The largest absolute Gasteiger partial charge is 0.353 e. The highest BCUT2D eigenvalue weighted by Gasteiger charge is 2.19. The molecule has 0 aliphatic heterocycles. The van der Waals surface area contributed by atoms with Crippen LogP contribution < -0.4 is 43.0 Å². The molecule has 6 rings (SSSR count). The molecule has 1 amide bonds. The molecule has 1 atom stereocenters. The molecule has 21 nitrogen and oxygen atoms in total. The van der Waals surface area contributed by atoms with E-state index in [4.69, 9.17) is 5.73 Å². The Hall–Kier alpha value is -7.38. The zero-order valence-corrected chi connectivity index (χ0v) is 34.8. The van der Waals surface area contributed by atoms with Gasteiger partial charge in [0.05, 0.1) is 0 Å². The molecule has 0 spiro atoms. The van der Waals surface area contributed by atoms with Gasteiger partial charge in [0.15, 0.2) is 6.17 Å². The van der Waals surface area contributed by atoms with Gasteiger partial charge in [-0.2, -0.15) is 46.7 Å². The molecule has 0 aliphatic rings. The number of para-hydroxylation sites is 2. The van der Waals surface area contributed by atoms with E-state index in [1.165, 1.54) is 36.4 Å². The second kappa shape index (κ2) is 20.5. The van der Waals surface area contributed by atoms with E-state index in [-0.39, 0.29) is 71.3 Å². The van der Waals surface area contributed by atoms with Crippen molar-refractivity contribution in [3.05, 3.63) is 108 Å². The summed E-state index contributed by atoms with van der Waals surface area (Å²) in [6.45, 7) is 1.91. The van der Waals surface area contributed by atoms with Gasteiger partial charge in [0.1, 0.15) is 9.79 Å². The number of nitrogens with two attached hydrogens (primary N) is 1. The molecule has 24 heteroatoms. The van der Waals surface area contributed by atoms with E-state index < -0.39 is 42.1 Å². The molecule has 4 aromatic carbocycles. The van der Waals surface area contributed by atoms with Crippen LogP contribution in [-0.4, -0.2) is 94.1 Å². The first-order valence-corrected chi connectivity index (χ1v) is 21.7. The summed E-state index contributed by atoms with van der Waals surface area (Å²) in [5, 5.41) is 20.2. The van der Waals surface area contributed by atoms with Gasteiger partial charge in [-0.3, -0.25) is 13.9 Å². The number of hydrogen-bond donors (Lipinski definition) is 10. The molecule has 0 fully saturated rings. The van der Waals surface area contributed by atoms with E-state index in [2.05, 4.69) is 67.1 Å². The van der Waals surface area contributed by atoms with Crippen molar-refractivity contribution in [1.29, 1.82) is 0 Å². The summed E-state index contributed by atoms with van der Waals surface area (Å²) in [6.07, 6.45) is 0.790. The molecule has 6 aromatic rings. The van der Waals surface area contributed by atoms with Crippen LogP contribution in [-0.2, 0) is 25.0 Å². The fourth-order valence-electron chi connectivity index (χ4n) is 5.50. The molecule has 2 aromatic heterocycles. The van der Waals surface area contributed by atoms with Crippen molar-refractivity contribution in [2.24, 2.45) is 5.73 Å². The second-order valence-corrected chi connectivity index (χ2v) is 16.0. The maximum atomic E-state index is 13.3. The number of halogens is 1. The third kappa shape index (κ3) is 13.3. The topological polar surface area (TPSA) is 313 Å². The third-order valence-electron chi connectivity index (χ3n) is 8.36. The Morgan fingerprint density at radius 1 is 0.587 bits per heavy atom. The van der Waals surface area contributed by atoms with E-state index in [1.807, 2.05) is 24.3 Å². The molecule has 0 radical (unpaired) electrons. The molecule has 0 saturated carbocycles. The minimum Gasteiger partial charge on any atom is -0.353 e. The number of nitrogens with zero attached hydrogens (tertiary/aromatic N) is 6. The van der Waals surface area contributed by atoms with Gasteiger partial charge in [0.2, 0.25) is 35.7 Å². The molecular formula is C39H41FN14O7S2. The number of rotatable bonds is 20. The van der Waals surface area contributed by atoms with Crippen molar-refractivity contribution in [2.75, 3.05) is 58.1 Å². The van der Waals surface area contributed by atoms with Crippen molar-refractivity contribution in [3.8, 4) is 0 Å². The number of alkyl halides is 1. The zero-order chi connectivity index (χ0) is 45.0. The Morgan fingerprint density at radius 3 is 1.35 bits per heavy atom. The molecule has 1 unspecified atom stereocenters. The Labute approximate surface area is 360 Å². The lowest BCUT2D eigenvalue weighted by molar-refractivity contribution is -0.125. The number of aromatic nitrogens is 6. The summed E-state index contributed by atoms with van der Waals surface area (Å²) in [7, 11) is -9.76. The van der Waals surface area contributed by atoms with E-state index >= 15 is 0 Å². The van der Waals surface area contributed by atoms with Crippen molar-refractivity contribution >= 4 is 96.7 Å². The number of carbonyl (C=O) groups is 1. The molecule has 63 heavy (non-hydrogen) atoms. The van der Waals surface area contributed by atoms with Gasteiger partial charge in [-0.05, 0) is 66.6 Å². The van der Waals surface area contributed by atoms with Gasteiger partial charge in [0, 0.05) is 48.9 Å². The zero-order valence-electron chi connectivity index (χ0n) is 33.2. The number of anilines is 10. The average molecular weight is 901 g/mol. The minimum atomic E-state index is -4.89. The van der Waals surface area contributed by atoms with Gasteiger partial charge in [-0.15, -0.1) is 0 Å². The van der Waals surface area contributed by atoms with Crippen molar-refractivity contribution in [3.63, 3.8) is 0 Å². The van der Waals surface area contributed by atoms with Gasteiger partial charge < -0.3 is 43.0 Å². The number of carbonyl (C=O) groups excluding carboxylic acids is 1. The maximum absolute atomic E-state index is 13.3. The molecular weight excluding hydrogens is 860 g/mol. The SMILES string of the molecule is CC(F)C(=O)NCCNc1nc(Nc2ccccc2)nc(Nc2ccc(/C=C/c3ccc(Nc4nc(NCCN)nc(Nc5ccccc5)n4)cc3S(=O)(=O)O)c(S(=O)(=O)O)c2)n1. The number of amides is 1. The molecule has 0 saturated heterocycles. The van der Waals surface area contributed by atoms with Crippen LogP contribution in [0.3, 0.4) is 0 Å². The monoisotopic (exact) mass is 900 g/mol. The first-order valence-electron chi connectivity index (χ1n) is 18.8. The summed E-state index contributed by atoms with van der Waals surface area (Å²) in [5.74, 6) is -0.375. The first-order chi connectivity index (χ1) is 30.1. The number of nitrogens with one attached hydrogen (secondary N) is 7. The summed E-state index contributed by atoms with van der Waals surface area (Å²) in [4.78, 5) is 36.5. The van der Waals surface area contributed by atoms with E-state index in [9.17, 15) is 35.1 Å². The molecule has 328 valence electrons. The lowest BCUT2D eigenvalue weighted by Gasteiger charge is -2.13. The van der Waals surface area contributed by atoms with Crippen molar-refractivity contribution in [2.45, 2.75) is 22.9 Å². The summed E-state index contributed by atoms with van der Waals surface area (Å²) in [5.41, 5.74) is 7.14. The predicted octanol–water partition coefficient (Wildman–Crippen LogP) is 4.95. The van der Waals surface area contributed by atoms with Gasteiger partial charge >= 0.3 is 0 Å².